The molecule has 2 heteroatoms. The second-order valence-corrected chi connectivity index (χ2v) is 14.2. The lowest BCUT2D eigenvalue weighted by atomic mass is 9.81. The number of fused-ring (bicyclic) bond motifs is 7. The van der Waals surface area contributed by atoms with E-state index in [1.165, 1.54) is 54.9 Å². The fraction of sp³-hybridized carbons (Fsp3) is 0.0612. The van der Waals surface area contributed by atoms with E-state index >= 15 is 0 Å². The number of rotatable bonds is 4. The Kier molecular flexibility index (Phi) is 6.56. The Morgan fingerprint density at radius 2 is 0.980 bits per heavy atom. The first kappa shape index (κ1) is 29.5. The van der Waals surface area contributed by atoms with Gasteiger partial charge in [0.1, 0.15) is 0 Å². The largest absolute Gasteiger partial charge is 0.228 e. The van der Waals surface area contributed by atoms with Crippen LogP contribution in [0, 0.1) is 0 Å². The van der Waals surface area contributed by atoms with Crippen molar-refractivity contribution >= 4 is 32.3 Å². The summed E-state index contributed by atoms with van der Waals surface area (Å²) in [5.41, 5.74) is 12.8. The summed E-state index contributed by atoms with van der Waals surface area (Å²) in [6.45, 7) is 4.67. The van der Waals surface area contributed by atoms with E-state index in [0.29, 0.717) is 0 Å². The van der Waals surface area contributed by atoms with Crippen molar-refractivity contribution in [1.82, 2.24) is 9.97 Å². The van der Waals surface area contributed by atoms with Gasteiger partial charge in [-0.05, 0) is 83.9 Å². The van der Waals surface area contributed by atoms with Crippen LogP contribution in [0.5, 0.6) is 0 Å². The summed E-state index contributed by atoms with van der Waals surface area (Å²) in [5, 5.41) is 7.14. The van der Waals surface area contributed by atoms with Crippen LogP contribution in [0.1, 0.15) is 25.0 Å². The molecule has 51 heavy (non-hydrogen) atoms. The van der Waals surface area contributed by atoms with E-state index in [0.717, 1.165) is 44.7 Å². The smallest absolute Gasteiger partial charge is 0.161 e. The number of aromatic nitrogens is 2. The topological polar surface area (TPSA) is 25.8 Å². The highest BCUT2D eigenvalue weighted by molar-refractivity contribution is 6.19. The van der Waals surface area contributed by atoms with Crippen LogP contribution in [-0.4, -0.2) is 9.97 Å². The van der Waals surface area contributed by atoms with Crippen LogP contribution in [0.25, 0.3) is 88.5 Å². The Labute approximate surface area is 297 Å². The summed E-state index contributed by atoms with van der Waals surface area (Å²) >= 11 is 0. The first-order valence-corrected chi connectivity index (χ1v) is 17.7. The van der Waals surface area contributed by atoms with E-state index in [-0.39, 0.29) is 5.41 Å². The Morgan fingerprint density at radius 3 is 1.78 bits per heavy atom. The van der Waals surface area contributed by atoms with E-state index < -0.39 is 0 Å². The average Bonchev–Trinajstić information content (AvgIpc) is 3.42. The summed E-state index contributed by atoms with van der Waals surface area (Å²) in [5.74, 6) is 0.730. The van der Waals surface area contributed by atoms with Crippen LogP contribution >= 0.6 is 0 Å². The number of hydrogen-bond acceptors (Lipinski definition) is 2. The third-order valence-electron chi connectivity index (χ3n) is 10.9. The van der Waals surface area contributed by atoms with Gasteiger partial charge in [0.05, 0.1) is 11.4 Å². The van der Waals surface area contributed by atoms with E-state index in [9.17, 15) is 0 Å². The monoisotopic (exact) mass is 650 g/mol. The van der Waals surface area contributed by atoms with Crippen molar-refractivity contribution in [1.29, 1.82) is 0 Å². The molecule has 9 aromatic rings. The Balaban J connectivity index is 1.13. The first-order chi connectivity index (χ1) is 25.0. The molecule has 1 aliphatic rings. The van der Waals surface area contributed by atoms with E-state index in [1.54, 1.807) is 0 Å². The highest BCUT2D eigenvalue weighted by atomic mass is 14.9. The fourth-order valence-electron chi connectivity index (χ4n) is 8.24. The van der Waals surface area contributed by atoms with Gasteiger partial charge >= 0.3 is 0 Å². The van der Waals surface area contributed by atoms with E-state index in [4.69, 9.17) is 9.97 Å². The molecule has 0 unspecified atom stereocenters. The van der Waals surface area contributed by atoms with Gasteiger partial charge in [0.25, 0.3) is 0 Å². The standard InChI is InChI=1S/C49H34N2/c1-49(2)43-19-11-10-18-39(43)40-26-25-35(29-44(40)49)31-20-22-34(23-21-31)46-30-45(33-13-4-3-5-14-33)50-48(51-46)47-38-17-9-7-15-36(38)28-42-37-16-8-6-12-32(37)24-27-41(42)47/h3-30H,1-2H3. The molecular weight excluding hydrogens is 617 g/mol. The van der Waals surface area contributed by atoms with Crippen molar-refractivity contribution in [3.63, 3.8) is 0 Å². The maximum absolute atomic E-state index is 5.36. The molecule has 2 nitrogen and oxygen atoms in total. The summed E-state index contributed by atoms with van der Waals surface area (Å²) in [6.07, 6.45) is 0. The molecule has 0 saturated carbocycles. The molecule has 1 heterocycles. The minimum Gasteiger partial charge on any atom is -0.228 e. The zero-order chi connectivity index (χ0) is 34.1. The lowest BCUT2D eigenvalue weighted by Crippen LogP contribution is -2.14. The Morgan fingerprint density at radius 1 is 0.373 bits per heavy atom. The fourth-order valence-corrected chi connectivity index (χ4v) is 8.24. The molecule has 0 aliphatic heterocycles. The van der Waals surface area contributed by atoms with Gasteiger partial charge in [-0.2, -0.15) is 0 Å². The lowest BCUT2D eigenvalue weighted by Gasteiger charge is -2.22. The average molecular weight is 651 g/mol. The summed E-state index contributed by atoms with van der Waals surface area (Å²) in [4.78, 5) is 10.7. The quantitative estimate of drug-likeness (QED) is 0.140. The molecule has 0 amide bonds. The van der Waals surface area contributed by atoms with Crippen molar-refractivity contribution in [2.24, 2.45) is 0 Å². The maximum Gasteiger partial charge on any atom is 0.161 e. The predicted molar refractivity (Wildman–Crippen MR) is 214 cm³/mol. The van der Waals surface area contributed by atoms with Gasteiger partial charge in [-0.1, -0.05) is 166 Å². The summed E-state index contributed by atoms with van der Waals surface area (Å²) in [7, 11) is 0. The van der Waals surface area contributed by atoms with Crippen molar-refractivity contribution < 1.29 is 0 Å². The number of nitrogens with zero attached hydrogens (tertiary/aromatic N) is 2. The van der Waals surface area contributed by atoms with Crippen molar-refractivity contribution in [2.75, 3.05) is 0 Å². The molecule has 8 aromatic carbocycles. The third kappa shape index (κ3) is 4.71. The number of hydrogen-bond donors (Lipinski definition) is 0. The first-order valence-electron chi connectivity index (χ1n) is 17.7. The van der Waals surface area contributed by atoms with Crippen molar-refractivity contribution in [3.05, 3.63) is 181 Å². The molecule has 0 saturated heterocycles. The van der Waals surface area contributed by atoms with Gasteiger partial charge in [-0.15, -0.1) is 0 Å². The van der Waals surface area contributed by atoms with Gasteiger partial charge in [0.2, 0.25) is 0 Å². The Hall–Kier alpha value is -6.38. The zero-order valence-corrected chi connectivity index (χ0v) is 28.6. The van der Waals surface area contributed by atoms with Crippen LogP contribution in [0.2, 0.25) is 0 Å². The van der Waals surface area contributed by atoms with Crippen LogP contribution < -0.4 is 0 Å². The van der Waals surface area contributed by atoms with Crippen molar-refractivity contribution in [3.8, 4) is 56.2 Å². The van der Waals surface area contributed by atoms with Gasteiger partial charge in [0, 0.05) is 22.1 Å². The summed E-state index contributed by atoms with van der Waals surface area (Å²) < 4.78 is 0. The van der Waals surface area contributed by atoms with Crippen LogP contribution in [0.15, 0.2) is 170 Å². The van der Waals surface area contributed by atoms with Crippen LogP contribution in [0.3, 0.4) is 0 Å². The minimum atomic E-state index is -0.0366. The van der Waals surface area contributed by atoms with E-state index in [2.05, 4.69) is 178 Å². The predicted octanol–water partition coefficient (Wildman–Crippen LogP) is 12.9. The molecule has 1 aromatic heterocycles. The normalized spacial score (nSPS) is 13.1. The van der Waals surface area contributed by atoms with Gasteiger partial charge in [-0.3, -0.25) is 0 Å². The lowest BCUT2D eigenvalue weighted by molar-refractivity contribution is 0.660. The SMILES string of the molecule is CC1(C)c2ccccc2-c2ccc(-c3ccc(-c4cc(-c5ccccc5)nc(-c5c6ccccc6cc6c5ccc5ccccc56)n4)cc3)cc21. The molecule has 10 rings (SSSR count). The number of benzene rings is 8. The second-order valence-electron chi connectivity index (χ2n) is 14.2. The highest BCUT2D eigenvalue weighted by Gasteiger charge is 2.35. The van der Waals surface area contributed by atoms with Gasteiger partial charge in [-0.25, -0.2) is 9.97 Å². The molecule has 0 radical (unpaired) electrons. The van der Waals surface area contributed by atoms with Crippen molar-refractivity contribution in [2.45, 2.75) is 19.3 Å². The third-order valence-corrected chi connectivity index (χ3v) is 10.9. The second kappa shape index (κ2) is 11.3. The molecule has 240 valence electrons. The minimum absolute atomic E-state index is 0.0366. The molecule has 0 N–H and O–H groups in total. The maximum atomic E-state index is 5.36. The highest BCUT2D eigenvalue weighted by Crippen LogP contribution is 2.49. The molecular formula is C49H34N2. The Bertz CT molecular complexity index is 2810. The molecule has 0 fully saturated rings. The molecule has 1 aliphatic carbocycles. The molecule has 0 bridgehead atoms. The van der Waals surface area contributed by atoms with E-state index in [1.807, 2.05) is 6.07 Å². The van der Waals surface area contributed by atoms with Gasteiger partial charge in [0.15, 0.2) is 5.82 Å². The van der Waals surface area contributed by atoms with Gasteiger partial charge < -0.3 is 0 Å². The zero-order valence-electron chi connectivity index (χ0n) is 28.6. The molecule has 0 atom stereocenters. The van der Waals surface area contributed by atoms with Crippen LogP contribution in [0.4, 0.5) is 0 Å². The van der Waals surface area contributed by atoms with Crippen LogP contribution in [-0.2, 0) is 5.41 Å². The molecule has 0 spiro atoms. The summed E-state index contributed by atoms with van der Waals surface area (Å²) in [6, 6.07) is 61.2.